The molecule has 0 spiro atoms. The molecule has 2 aromatic carbocycles. The van der Waals surface area contributed by atoms with Crippen molar-refractivity contribution >= 4 is 11.8 Å². The van der Waals surface area contributed by atoms with Crippen LogP contribution >= 0.6 is 0 Å². The highest BCUT2D eigenvalue weighted by Gasteiger charge is 2.10. The number of hydrogen-bond acceptors (Lipinski definition) is 2. The van der Waals surface area contributed by atoms with E-state index in [4.69, 9.17) is 0 Å². The number of para-hydroxylation sites is 1. The summed E-state index contributed by atoms with van der Waals surface area (Å²) in [7, 11) is 0. The van der Waals surface area contributed by atoms with Crippen molar-refractivity contribution < 1.29 is 13.6 Å². The van der Waals surface area contributed by atoms with E-state index < -0.39 is 17.7 Å². The molecule has 7 heteroatoms. The summed E-state index contributed by atoms with van der Waals surface area (Å²) >= 11 is 0. The monoisotopic (exact) mass is 356 g/mol. The Morgan fingerprint density at radius 2 is 1.85 bits per heavy atom. The topological polar surface area (TPSA) is 59.0 Å². The Morgan fingerprint density at radius 3 is 2.58 bits per heavy atom. The first-order valence-corrected chi connectivity index (χ1v) is 8.14. The molecule has 5 nitrogen and oxygen atoms in total. The highest BCUT2D eigenvalue weighted by Crippen LogP contribution is 2.16. The van der Waals surface area contributed by atoms with Crippen molar-refractivity contribution in [2.24, 2.45) is 0 Å². The average molecular weight is 356 g/mol. The number of halogens is 2. The van der Waals surface area contributed by atoms with E-state index in [-0.39, 0.29) is 6.54 Å². The first-order chi connectivity index (χ1) is 12.5. The van der Waals surface area contributed by atoms with Crippen LogP contribution in [0.15, 0.2) is 54.6 Å². The zero-order valence-electron chi connectivity index (χ0n) is 14.2. The Hall–Kier alpha value is -3.22. The number of amides is 2. The Balaban J connectivity index is 1.59. The van der Waals surface area contributed by atoms with E-state index >= 15 is 0 Å². The average Bonchev–Trinajstić information content (AvgIpc) is 2.99. The number of hydrogen-bond donors (Lipinski definition) is 2. The molecule has 0 saturated heterocycles. The summed E-state index contributed by atoms with van der Waals surface area (Å²) in [6, 6.07) is 14.5. The second-order valence-electron chi connectivity index (χ2n) is 5.80. The summed E-state index contributed by atoms with van der Waals surface area (Å²) < 4.78 is 27.7. The number of nitrogens with one attached hydrogen (secondary N) is 2. The molecule has 1 aromatic heterocycles. The minimum absolute atomic E-state index is 0.287. The maximum atomic E-state index is 13.2. The number of aryl methyl sites for hydroxylation is 1. The molecule has 2 N–H and O–H groups in total. The van der Waals surface area contributed by atoms with E-state index in [2.05, 4.69) is 15.7 Å². The number of rotatable bonds is 5. The Kier molecular flexibility index (Phi) is 5.26. The summed E-state index contributed by atoms with van der Waals surface area (Å²) in [5.74, 6) is -1.24. The van der Waals surface area contributed by atoms with Gasteiger partial charge in [-0.15, -0.1) is 0 Å². The third-order valence-electron chi connectivity index (χ3n) is 3.76. The number of urea groups is 1. The fourth-order valence-corrected chi connectivity index (χ4v) is 2.53. The van der Waals surface area contributed by atoms with Gasteiger partial charge in [0.1, 0.15) is 5.82 Å². The van der Waals surface area contributed by atoms with Crippen LogP contribution in [0.2, 0.25) is 0 Å². The third kappa shape index (κ3) is 4.24. The van der Waals surface area contributed by atoms with E-state index in [1.54, 1.807) is 10.7 Å². The molecule has 3 aromatic rings. The van der Waals surface area contributed by atoms with Crippen LogP contribution in [0.25, 0.3) is 5.69 Å². The lowest BCUT2D eigenvalue weighted by Gasteiger charge is -2.10. The molecule has 0 aliphatic heterocycles. The minimum atomic E-state index is -0.894. The molecule has 0 radical (unpaired) electrons. The van der Waals surface area contributed by atoms with Crippen LogP contribution in [-0.2, 0) is 6.42 Å². The second kappa shape index (κ2) is 7.77. The van der Waals surface area contributed by atoms with E-state index in [1.165, 1.54) is 6.07 Å². The van der Waals surface area contributed by atoms with Gasteiger partial charge in [0.2, 0.25) is 0 Å². The number of aromatic nitrogens is 2. The predicted molar refractivity (Wildman–Crippen MR) is 95.4 cm³/mol. The molecular weight excluding hydrogens is 338 g/mol. The summed E-state index contributed by atoms with van der Waals surface area (Å²) in [6.45, 7) is 2.13. The van der Waals surface area contributed by atoms with Gasteiger partial charge in [0.05, 0.1) is 11.4 Å². The van der Waals surface area contributed by atoms with E-state index in [0.717, 1.165) is 23.5 Å². The zero-order chi connectivity index (χ0) is 18.5. The van der Waals surface area contributed by atoms with Crippen LogP contribution in [0.5, 0.6) is 0 Å². The SMILES string of the molecule is Cc1cc(NC(=O)NCCc2ccc(F)c(F)c2)n(-c2ccccc2)n1. The van der Waals surface area contributed by atoms with Crippen molar-refractivity contribution in [3.8, 4) is 5.69 Å². The quantitative estimate of drug-likeness (QED) is 0.730. The normalized spacial score (nSPS) is 10.6. The van der Waals surface area contributed by atoms with Crippen LogP contribution in [0.3, 0.4) is 0 Å². The first kappa shape index (κ1) is 17.6. The lowest BCUT2D eigenvalue weighted by molar-refractivity contribution is 0.252. The number of benzene rings is 2. The first-order valence-electron chi connectivity index (χ1n) is 8.14. The van der Waals surface area contributed by atoms with Gasteiger partial charge < -0.3 is 5.32 Å². The largest absolute Gasteiger partial charge is 0.337 e. The van der Waals surface area contributed by atoms with Gasteiger partial charge in [0.25, 0.3) is 0 Å². The molecule has 1 heterocycles. The molecule has 0 bridgehead atoms. The molecule has 0 aliphatic rings. The van der Waals surface area contributed by atoms with Crippen molar-refractivity contribution in [1.82, 2.24) is 15.1 Å². The number of carbonyl (C=O) groups excluding carboxylic acids is 1. The van der Waals surface area contributed by atoms with Gasteiger partial charge >= 0.3 is 6.03 Å². The molecule has 0 saturated carbocycles. The van der Waals surface area contributed by atoms with Gasteiger partial charge in [0, 0.05) is 12.6 Å². The molecule has 134 valence electrons. The fourth-order valence-electron chi connectivity index (χ4n) is 2.53. The van der Waals surface area contributed by atoms with Gasteiger partial charge in [-0.1, -0.05) is 24.3 Å². The standard InChI is InChI=1S/C19H18F2N4O/c1-13-11-18(25(24-13)15-5-3-2-4-6-15)23-19(26)22-10-9-14-7-8-16(20)17(21)12-14/h2-8,11-12H,9-10H2,1H3,(H2,22,23,26). The van der Waals surface area contributed by atoms with E-state index in [1.807, 2.05) is 37.3 Å². The van der Waals surface area contributed by atoms with Gasteiger partial charge in [-0.2, -0.15) is 5.10 Å². The molecule has 2 amide bonds. The molecule has 3 rings (SSSR count). The number of nitrogens with zero attached hydrogens (tertiary/aromatic N) is 2. The van der Waals surface area contributed by atoms with Gasteiger partial charge in [-0.05, 0) is 43.2 Å². The zero-order valence-corrected chi connectivity index (χ0v) is 14.2. The lowest BCUT2D eigenvalue weighted by atomic mass is 10.1. The van der Waals surface area contributed by atoms with Crippen molar-refractivity contribution in [1.29, 1.82) is 0 Å². The Labute approximate surface area is 149 Å². The van der Waals surface area contributed by atoms with Gasteiger partial charge in [-0.25, -0.2) is 18.3 Å². The third-order valence-corrected chi connectivity index (χ3v) is 3.76. The summed E-state index contributed by atoms with van der Waals surface area (Å²) in [5.41, 5.74) is 2.21. The van der Waals surface area contributed by atoms with E-state index in [0.29, 0.717) is 17.8 Å². The van der Waals surface area contributed by atoms with Crippen molar-refractivity contribution in [3.05, 3.63) is 77.5 Å². The fraction of sp³-hybridized carbons (Fsp3) is 0.158. The van der Waals surface area contributed by atoms with Crippen LogP contribution < -0.4 is 10.6 Å². The molecule has 0 atom stereocenters. The minimum Gasteiger partial charge on any atom is -0.337 e. The maximum absolute atomic E-state index is 13.2. The summed E-state index contributed by atoms with van der Waals surface area (Å²) in [6.07, 6.45) is 0.390. The Morgan fingerprint density at radius 1 is 1.08 bits per heavy atom. The van der Waals surface area contributed by atoms with Crippen LogP contribution in [0, 0.1) is 18.6 Å². The smallest absolute Gasteiger partial charge is 0.320 e. The van der Waals surface area contributed by atoms with E-state index in [9.17, 15) is 13.6 Å². The molecule has 0 unspecified atom stereocenters. The highest BCUT2D eigenvalue weighted by atomic mass is 19.2. The van der Waals surface area contributed by atoms with Crippen LogP contribution in [0.1, 0.15) is 11.3 Å². The molecule has 0 fully saturated rings. The van der Waals surface area contributed by atoms with Gasteiger partial charge in [-0.3, -0.25) is 5.32 Å². The molecule has 26 heavy (non-hydrogen) atoms. The van der Waals surface area contributed by atoms with Crippen LogP contribution in [0.4, 0.5) is 19.4 Å². The van der Waals surface area contributed by atoms with Crippen molar-refractivity contribution in [2.45, 2.75) is 13.3 Å². The summed E-state index contributed by atoms with van der Waals surface area (Å²) in [5, 5.41) is 9.82. The highest BCUT2D eigenvalue weighted by molar-refractivity contribution is 5.88. The lowest BCUT2D eigenvalue weighted by Crippen LogP contribution is -2.31. The maximum Gasteiger partial charge on any atom is 0.320 e. The predicted octanol–water partition coefficient (Wildman–Crippen LogP) is 3.82. The Bertz CT molecular complexity index is 909. The molecular formula is C19H18F2N4O. The second-order valence-corrected chi connectivity index (χ2v) is 5.80. The van der Waals surface area contributed by atoms with Crippen LogP contribution in [-0.4, -0.2) is 22.4 Å². The molecule has 0 aliphatic carbocycles. The van der Waals surface area contributed by atoms with Crippen molar-refractivity contribution in [3.63, 3.8) is 0 Å². The summed E-state index contributed by atoms with van der Waals surface area (Å²) in [4.78, 5) is 12.1. The van der Waals surface area contributed by atoms with Crippen molar-refractivity contribution in [2.75, 3.05) is 11.9 Å². The number of anilines is 1. The van der Waals surface area contributed by atoms with Gasteiger partial charge in [0.15, 0.2) is 11.6 Å². The number of carbonyl (C=O) groups is 1.